The van der Waals surface area contributed by atoms with Crippen molar-refractivity contribution in [2.45, 2.75) is 58.5 Å². The fourth-order valence-corrected chi connectivity index (χ4v) is 3.16. The second-order valence-electron chi connectivity index (χ2n) is 5.71. The van der Waals surface area contributed by atoms with E-state index in [2.05, 4.69) is 26.1 Å². The SMILES string of the molecule is CCNCCc1c(C)nc(C2(OC)CCCC2)nc1C. The third kappa shape index (κ3) is 3.01. The van der Waals surface area contributed by atoms with Gasteiger partial charge in [0.05, 0.1) is 0 Å². The molecule has 20 heavy (non-hydrogen) atoms. The first kappa shape index (κ1) is 15.4. The van der Waals surface area contributed by atoms with Gasteiger partial charge in [-0.1, -0.05) is 6.92 Å². The van der Waals surface area contributed by atoms with E-state index in [0.717, 1.165) is 49.6 Å². The lowest BCUT2D eigenvalue weighted by Gasteiger charge is -2.27. The lowest BCUT2D eigenvalue weighted by molar-refractivity contribution is -0.0166. The highest BCUT2D eigenvalue weighted by molar-refractivity contribution is 5.26. The fraction of sp³-hybridized carbons (Fsp3) is 0.750. The van der Waals surface area contributed by atoms with E-state index in [-0.39, 0.29) is 5.60 Å². The third-order valence-electron chi connectivity index (χ3n) is 4.43. The van der Waals surface area contributed by atoms with Crippen LogP contribution in [0.2, 0.25) is 0 Å². The van der Waals surface area contributed by atoms with Crippen molar-refractivity contribution in [2.24, 2.45) is 0 Å². The van der Waals surface area contributed by atoms with Crippen LogP contribution in [0.4, 0.5) is 0 Å². The predicted molar refractivity (Wildman–Crippen MR) is 80.9 cm³/mol. The molecule has 0 amide bonds. The lowest BCUT2D eigenvalue weighted by Crippen LogP contribution is -2.29. The van der Waals surface area contributed by atoms with Crippen LogP contribution < -0.4 is 5.32 Å². The van der Waals surface area contributed by atoms with Crippen molar-refractivity contribution in [1.29, 1.82) is 0 Å². The first-order valence-electron chi connectivity index (χ1n) is 7.73. The Balaban J connectivity index is 2.25. The summed E-state index contributed by atoms with van der Waals surface area (Å²) < 4.78 is 5.80. The molecule has 1 aliphatic carbocycles. The number of aromatic nitrogens is 2. The quantitative estimate of drug-likeness (QED) is 0.812. The Morgan fingerprint density at radius 2 is 1.75 bits per heavy atom. The molecule has 1 N–H and O–H groups in total. The van der Waals surface area contributed by atoms with Crippen LogP contribution in [0, 0.1) is 13.8 Å². The number of likely N-dealkylation sites (N-methyl/N-ethyl adjacent to an activating group) is 1. The maximum absolute atomic E-state index is 5.80. The number of methoxy groups -OCH3 is 1. The molecule has 0 spiro atoms. The van der Waals surface area contributed by atoms with Gasteiger partial charge in [-0.15, -0.1) is 0 Å². The molecule has 0 bridgehead atoms. The zero-order chi connectivity index (χ0) is 14.6. The second-order valence-corrected chi connectivity index (χ2v) is 5.71. The van der Waals surface area contributed by atoms with Gasteiger partial charge in [0.15, 0.2) is 5.82 Å². The molecule has 0 saturated heterocycles. The largest absolute Gasteiger partial charge is 0.370 e. The van der Waals surface area contributed by atoms with E-state index in [9.17, 15) is 0 Å². The number of hydrogen-bond donors (Lipinski definition) is 1. The molecular formula is C16H27N3O. The van der Waals surface area contributed by atoms with Gasteiger partial charge >= 0.3 is 0 Å². The number of ether oxygens (including phenoxy) is 1. The van der Waals surface area contributed by atoms with Crippen molar-refractivity contribution in [3.05, 3.63) is 22.8 Å². The molecule has 0 atom stereocenters. The molecule has 1 aromatic heterocycles. The van der Waals surface area contributed by atoms with E-state index in [1.54, 1.807) is 7.11 Å². The number of hydrogen-bond acceptors (Lipinski definition) is 4. The lowest BCUT2D eigenvalue weighted by atomic mass is 9.99. The normalized spacial score (nSPS) is 17.6. The van der Waals surface area contributed by atoms with Gasteiger partial charge < -0.3 is 10.1 Å². The van der Waals surface area contributed by atoms with E-state index in [1.807, 2.05) is 0 Å². The summed E-state index contributed by atoms with van der Waals surface area (Å²) in [6, 6.07) is 0. The predicted octanol–water partition coefficient (Wildman–Crippen LogP) is 2.66. The molecule has 1 fully saturated rings. The molecule has 1 aromatic rings. The number of rotatable bonds is 6. The molecule has 4 heteroatoms. The highest BCUT2D eigenvalue weighted by Crippen LogP contribution is 2.40. The van der Waals surface area contributed by atoms with Crippen LogP contribution in [0.1, 0.15) is 55.4 Å². The summed E-state index contributed by atoms with van der Waals surface area (Å²) in [7, 11) is 1.79. The monoisotopic (exact) mass is 277 g/mol. The van der Waals surface area contributed by atoms with Crippen molar-refractivity contribution in [1.82, 2.24) is 15.3 Å². The molecule has 4 nitrogen and oxygen atoms in total. The molecule has 0 unspecified atom stereocenters. The van der Waals surface area contributed by atoms with Gasteiger partial charge in [0, 0.05) is 18.5 Å². The van der Waals surface area contributed by atoms with Crippen molar-refractivity contribution in [3.63, 3.8) is 0 Å². The van der Waals surface area contributed by atoms with Crippen LogP contribution in [-0.2, 0) is 16.8 Å². The smallest absolute Gasteiger partial charge is 0.160 e. The molecule has 1 heterocycles. The van der Waals surface area contributed by atoms with Crippen LogP contribution in [0.3, 0.4) is 0 Å². The molecule has 0 radical (unpaired) electrons. The standard InChI is InChI=1S/C16H27N3O/c1-5-17-11-8-14-12(2)18-15(19-13(14)3)16(20-4)9-6-7-10-16/h17H,5-11H2,1-4H3. The Morgan fingerprint density at radius 1 is 1.15 bits per heavy atom. The topological polar surface area (TPSA) is 47.0 Å². The van der Waals surface area contributed by atoms with Crippen LogP contribution in [0.15, 0.2) is 0 Å². The van der Waals surface area contributed by atoms with Crippen LogP contribution in [0.25, 0.3) is 0 Å². The van der Waals surface area contributed by atoms with Gasteiger partial charge in [-0.25, -0.2) is 9.97 Å². The van der Waals surface area contributed by atoms with Gasteiger partial charge in [0.1, 0.15) is 5.60 Å². The summed E-state index contributed by atoms with van der Waals surface area (Å²) in [6.07, 6.45) is 5.49. The van der Waals surface area contributed by atoms with Crippen LogP contribution >= 0.6 is 0 Å². The first-order chi connectivity index (χ1) is 9.63. The van der Waals surface area contributed by atoms with Crippen LogP contribution in [-0.4, -0.2) is 30.2 Å². The van der Waals surface area contributed by atoms with Crippen molar-refractivity contribution in [2.75, 3.05) is 20.2 Å². The van der Waals surface area contributed by atoms with E-state index in [0.29, 0.717) is 0 Å². The van der Waals surface area contributed by atoms with E-state index in [1.165, 1.54) is 18.4 Å². The van der Waals surface area contributed by atoms with E-state index < -0.39 is 0 Å². The van der Waals surface area contributed by atoms with Crippen LogP contribution in [0.5, 0.6) is 0 Å². The summed E-state index contributed by atoms with van der Waals surface area (Å²) >= 11 is 0. The summed E-state index contributed by atoms with van der Waals surface area (Å²) in [6.45, 7) is 8.30. The minimum Gasteiger partial charge on any atom is -0.370 e. The first-order valence-corrected chi connectivity index (χ1v) is 7.73. The Hall–Kier alpha value is -1.00. The minimum absolute atomic E-state index is 0.240. The van der Waals surface area contributed by atoms with E-state index >= 15 is 0 Å². The fourth-order valence-electron chi connectivity index (χ4n) is 3.16. The molecule has 1 aliphatic rings. The number of nitrogens with zero attached hydrogens (tertiary/aromatic N) is 2. The summed E-state index contributed by atoms with van der Waals surface area (Å²) in [5.74, 6) is 0.889. The Bertz CT molecular complexity index is 430. The number of aryl methyl sites for hydroxylation is 2. The highest BCUT2D eigenvalue weighted by Gasteiger charge is 2.38. The summed E-state index contributed by atoms with van der Waals surface area (Å²) in [4.78, 5) is 9.55. The maximum atomic E-state index is 5.80. The molecular weight excluding hydrogens is 250 g/mol. The Labute approximate surface area is 122 Å². The molecule has 0 aromatic carbocycles. The highest BCUT2D eigenvalue weighted by atomic mass is 16.5. The minimum atomic E-state index is -0.240. The van der Waals surface area contributed by atoms with Gasteiger partial charge in [0.2, 0.25) is 0 Å². The molecule has 0 aliphatic heterocycles. The van der Waals surface area contributed by atoms with Crippen molar-refractivity contribution in [3.8, 4) is 0 Å². The zero-order valence-corrected chi connectivity index (χ0v) is 13.3. The summed E-state index contributed by atoms with van der Waals surface area (Å²) in [5.41, 5.74) is 3.25. The third-order valence-corrected chi connectivity index (χ3v) is 4.43. The Kier molecular flexibility index (Phi) is 5.11. The van der Waals surface area contributed by atoms with Gasteiger partial charge in [-0.2, -0.15) is 0 Å². The average molecular weight is 277 g/mol. The van der Waals surface area contributed by atoms with Crippen molar-refractivity contribution >= 4 is 0 Å². The van der Waals surface area contributed by atoms with Gasteiger partial charge in [-0.3, -0.25) is 0 Å². The Morgan fingerprint density at radius 3 is 2.25 bits per heavy atom. The molecule has 2 rings (SSSR count). The maximum Gasteiger partial charge on any atom is 0.160 e. The van der Waals surface area contributed by atoms with Crippen molar-refractivity contribution < 1.29 is 4.74 Å². The molecule has 1 saturated carbocycles. The average Bonchev–Trinajstić information content (AvgIpc) is 2.92. The second kappa shape index (κ2) is 6.64. The van der Waals surface area contributed by atoms with Gasteiger partial charge in [-0.05, 0) is 64.6 Å². The van der Waals surface area contributed by atoms with Gasteiger partial charge in [0.25, 0.3) is 0 Å². The zero-order valence-electron chi connectivity index (χ0n) is 13.3. The van der Waals surface area contributed by atoms with E-state index in [4.69, 9.17) is 14.7 Å². The summed E-state index contributed by atoms with van der Waals surface area (Å²) in [5, 5.41) is 3.36. The number of nitrogens with one attached hydrogen (secondary N) is 1. The molecule has 112 valence electrons.